The Morgan fingerprint density at radius 3 is 2.26 bits per heavy atom. The van der Waals surface area contributed by atoms with Crippen LogP contribution in [0.5, 0.6) is 0 Å². The lowest BCUT2D eigenvalue weighted by Crippen LogP contribution is -2.49. The Morgan fingerprint density at radius 1 is 0.871 bits per heavy atom. The molecule has 0 unspecified atom stereocenters. The van der Waals surface area contributed by atoms with Crippen molar-refractivity contribution in [1.82, 2.24) is 14.9 Å². The molecule has 5 nitrogen and oxygen atoms in total. The topological polar surface area (TPSA) is 49.3 Å². The summed E-state index contributed by atoms with van der Waals surface area (Å²) in [5.41, 5.74) is 2.37. The Hall–Kier alpha value is -3.25. The number of piperazine rings is 1. The zero-order chi connectivity index (χ0) is 21.0. The van der Waals surface area contributed by atoms with Crippen molar-refractivity contribution >= 4 is 33.3 Å². The molecule has 0 saturated carbocycles. The van der Waals surface area contributed by atoms with Crippen LogP contribution in [0.2, 0.25) is 0 Å². The van der Waals surface area contributed by atoms with Crippen LogP contribution in [0.15, 0.2) is 73.1 Å². The Balaban J connectivity index is 1.28. The van der Waals surface area contributed by atoms with Gasteiger partial charge in [0.2, 0.25) is 5.91 Å². The molecule has 2 aromatic carbocycles. The SMILES string of the molecule is O=C(Cc1ccccc1)N1CCN(c2ncnc3sc(Cc4ccccc4)cc23)CC1. The number of rotatable bonds is 5. The van der Waals surface area contributed by atoms with Crippen LogP contribution in [0, 0.1) is 0 Å². The molecule has 0 radical (unpaired) electrons. The van der Waals surface area contributed by atoms with Crippen LogP contribution in [0.3, 0.4) is 0 Å². The molecule has 2 aromatic heterocycles. The van der Waals surface area contributed by atoms with Gasteiger partial charge in [-0.2, -0.15) is 0 Å². The third-order valence-corrected chi connectivity index (χ3v) is 6.75. The molecule has 1 amide bonds. The summed E-state index contributed by atoms with van der Waals surface area (Å²) >= 11 is 1.73. The van der Waals surface area contributed by atoms with Gasteiger partial charge in [-0.25, -0.2) is 9.97 Å². The van der Waals surface area contributed by atoms with Crippen molar-refractivity contribution in [2.75, 3.05) is 31.1 Å². The van der Waals surface area contributed by atoms with Crippen molar-refractivity contribution in [1.29, 1.82) is 0 Å². The van der Waals surface area contributed by atoms with Crippen LogP contribution in [-0.2, 0) is 17.6 Å². The first-order chi connectivity index (χ1) is 15.3. The fourth-order valence-electron chi connectivity index (χ4n) is 4.08. The number of amides is 1. The molecule has 1 saturated heterocycles. The summed E-state index contributed by atoms with van der Waals surface area (Å²) in [6.45, 7) is 3.02. The molecule has 5 rings (SSSR count). The summed E-state index contributed by atoms with van der Waals surface area (Å²) in [6.07, 6.45) is 3.03. The molecule has 0 N–H and O–H groups in total. The van der Waals surface area contributed by atoms with Crippen LogP contribution < -0.4 is 4.90 Å². The van der Waals surface area contributed by atoms with Gasteiger partial charge < -0.3 is 9.80 Å². The van der Waals surface area contributed by atoms with Gasteiger partial charge in [0, 0.05) is 37.5 Å². The summed E-state index contributed by atoms with van der Waals surface area (Å²) in [5, 5.41) is 1.11. The molecule has 6 heteroatoms. The van der Waals surface area contributed by atoms with E-state index in [4.69, 9.17) is 0 Å². The zero-order valence-corrected chi connectivity index (χ0v) is 18.1. The van der Waals surface area contributed by atoms with E-state index in [1.807, 2.05) is 41.3 Å². The van der Waals surface area contributed by atoms with Crippen molar-refractivity contribution in [3.05, 3.63) is 89.1 Å². The van der Waals surface area contributed by atoms with E-state index in [1.54, 1.807) is 17.7 Å². The monoisotopic (exact) mass is 428 g/mol. The highest BCUT2D eigenvalue weighted by molar-refractivity contribution is 7.18. The van der Waals surface area contributed by atoms with Crippen LogP contribution in [0.4, 0.5) is 5.82 Å². The van der Waals surface area contributed by atoms with Gasteiger partial charge >= 0.3 is 0 Å². The Bertz CT molecular complexity index is 1170. The standard InChI is InChI=1S/C25H24N4OS/c30-23(16-20-9-5-2-6-10-20)28-11-13-29(14-12-28)24-22-17-21(31-25(22)27-18-26-24)15-19-7-3-1-4-8-19/h1-10,17-18H,11-16H2. The quantitative estimate of drug-likeness (QED) is 0.479. The number of hydrogen-bond acceptors (Lipinski definition) is 5. The number of fused-ring (bicyclic) bond motifs is 1. The average Bonchev–Trinajstić information content (AvgIpc) is 3.23. The van der Waals surface area contributed by atoms with E-state index >= 15 is 0 Å². The number of anilines is 1. The maximum atomic E-state index is 12.7. The van der Waals surface area contributed by atoms with E-state index in [2.05, 4.69) is 45.2 Å². The first kappa shape index (κ1) is 19.7. The normalized spacial score (nSPS) is 14.2. The lowest BCUT2D eigenvalue weighted by atomic mass is 10.1. The van der Waals surface area contributed by atoms with Crippen LogP contribution in [-0.4, -0.2) is 47.0 Å². The summed E-state index contributed by atoms with van der Waals surface area (Å²) in [7, 11) is 0. The number of aromatic nitrogens is 2. The van der Waals surface area contributed by atoms with Gasteiger partial charge in [-0.1, -0.05) is 60.7 Å². The summed E-state index contributed by atoms with van der Waals surface area (Å²) in [5.74, 6) is 1.18. The average molecular weight is 429 g/mol. The minimum absolute atomic E-state index is 0.194. The maximum absolute atomic E-state index is 12.7. The van der Waals surface area contributed by atoms with Gasteiger partial charge in [-0.3, -0.25) is 4.79 Å². The van der Waals surface area contributed by atoms with Gasteiger partial charge in [0.05, 0.1) is 11.8 Å². The van der Waals surface area contributed by atoms with Crippen molar-refractivity contribution < 1.29 is 4.79 Å². The predicted octanol–water partition coefficient (Wildman–Crippen LogP) is 4.17. The Morgan fingerprint density at radius 2 is 1.55 bits per heavy atom. The largest absolute Gasteiger partial charge is 0.352 e. The van der Waals surface area contributed by atoms with Crippen molar-refractivity contribution in [3.8, 4) is 0 Å². The molecule has 1 aliphatic rings. The summed E-state index contributed by atoms with van der Waals surface area (Å²) in [4.78, 5) is 28.4. The second-order valence-corrected chi connectivity index (χ2v) is 8.94. The Kier molecular flexibility index (Phi) is 5.63. The number of thiophene rings is 1. The molecule has 3 heterocycles. The molecule has 0 spiro atoms. The third kappa shape index (κ3) is 4.44. The van der Waals surface area contributed by atoms with E-state index in [1.165, 1.54) is 10.4 Å². The first-order valence-electron chi connectivity index (χ1n) is 10.6. The first-order valence-corrected chi connectivity index (χ1v) is 11.4. The van der Waals surface area contributed by atoms with Crippen LogP contribution in [0.1, 0.15) is 16.0 Å². The molecule has 0 bridgehead atoms. The maximum Gasteiger partial charge on any atom is 0.227 e. The summed E-state index contributed by atoms with van der Waals surface area (Å²) in [6, 6.07) is 22.7. The summed E-state index contributed by atoms with van der Waals surface area (Å²) < 4.78 is 0. The second kappa shape index (κ2) is 8.86. The number of benzene rings is 2. The number of carbonyl (C=O) groups excluding carboxylic acids is 1. The van der Waals surface area contributed by atoms with Gasteiger partial charge in [-0.15, -0.1) is 11.3 Å². The highest BCUT2D eigenvalue weighted by Crippen LogP contribution is 2.32. The predicted molar refractivity (Wildman–Crippen MR) is 126 cm³/mol. The van der Waals surface area contributed by atoms with Gasteiger partial charge in [0.1, 0.15) is 17.0 Å². The molecule has 1 aliphatic heterocycles. The van der Waals surface area contributed by atoms with Crippen LogP contribution >= 0.6 is 11.3 Å². The molecular formula is C25H24N4OS. The number of nitrogens with zero attached hydrogens (tertiary/aromatic N) is 4. The molecule has 0 atom stereocenters. The lowest BCUT2D eigenvalue weighted by Gasteiger charge is -2.35. The van der Waals surface area contributed by atoms with E-state index in [-0.39, 0.29) is 5.91 Å². The van der Waals surface area contributed by atoms with E-state index in [0.29, 0.717) is 6.42 Å². The third-order valence-electron chi connectivity index (χ3n) is 5.71. The zero-order valence-electron chi connectivity index (χ0n) is 17.3. The molecule has 0 aliphatic carbocycles. The van der Waals surface area contributed by atoms with Crippen molar-refractivity contribution in [3.63, 3.8) is 0 Å². The van der Waals surface area contributed by atoms with Gasteiger partial charge in [0.25, 0.3) is 0 Å². The highest BCUT2D eigenvalue weighted by Gasteiger charge is 2.23. The molecule has 4 aromatic rings. The fourth-order valence-corrected chi connectivity index (χ4v) is 5.10. The van der Waals surface area contributed by atoms with Gasteiger partial charge in [0.15, 0.2) is 0 Å². The fraction of sp³-hybridized carbons (Fsp3) is 0.240. The van der Waals surface area contributed by atoms with Gasteiger partial charge in [-0.05, 0) is 17.2 Å². The Labute approximate surface area is 186 Å². The lowest BCUT2D eigenvalue weighted by molar-refractivity contribution is -0.130. The van der Waals surface area contributed by atoms with E-state index in [0.717, 1.165) is 54.2 Å². The van der Waals surface area contributed by atoms with Crippen molar-refractivity contribution in [2.24, 2.45) is 0 Å². The smallest absolute Gasteiger partial charge is 0.227 e. The van der Waals surface area contributed by atoms with Crippen LogP contribution in [0.25, 0.3) is 10.2 Å². The van der Waals surface area contributed by atoms with E-state index < -0.39 is 0 Å². The highest BCUT2D eigenvalue weighted by atomic mass is 32.1. The molecular weight excluding hydrogens is 404 g/mol. The molecule has 1 fully saturated rings. The number of carbonyl (C=O) groups is 1. The number of hydrogen-bond donors (Lipinski definition) is 0. The second-order valence-electron chi connectivity index (χ2n) is 7.82. The minimum Gasteiger partial charge on any atom is -0.352 e. The molecule has 156 valence electrons. The van der Waals surface area contributed by atoms with E-state index in [9.17, 15) is 4.79 Å². The molecule has 31 heavy (non-hydrogen) atoms. The minimum atomic E-state index is 0.194. The van der Waals surface area contributed by atoms with Crippen molar-refractivity contribution in [2.45, 2.75) is 12.8 Å².